The highest BCUT2D eigenvalue weighted by Gasteiger charge is 2.24. The fourth-order valence-corrected chi connectivity index (χ4v) is 2.14. The Hall–Kier alpha value is -1.69. The molecule has 1 aromatic rings. The molecule has 0 aliphatic carbocycles. The van der Waals surface area contributed by atoms with Crippen molar-refractivity contribution in [2.24, 2.45) is 5.92 Å². The van der Waals surface area contributed by atoms with E-state index in [1.807, 2.05) is 44.4 Å². The Kier molecular flexibility index (Phi) is 7.08. The third-order valence-corrected chi connectivity index (χ3v) is 3.60. The van der Waals surface area contributed by atoms with Crippen molar-refractivity contribution in [3.63, 3.8) is 0 Å². The minimum Gasteiger partial charge on any atom is -0.450 e. The smallest absolute Gasteiger partial charge is 0.407 e. The Morgan fingerprint density at radius 1 is 1.24 bits per heavy atom. The van der Waals surface area contributed by atoms with Crippen molar-refractivity contribution in [2.75, 3.05) is 18.2 Å². The van der Waals surface area contributed by atoms with Crippen molar-refractivity contribution in [1.29, 1.82) is 0 Å². The number of benzene rings is 1. The highest BCUT2D eigenvalue weighted by molar-refractivity contribution is 7.98. The van der Waals surface area contributed by atoms with E-state index < -0.39 is 12.1 Å². The molecule has 0 bridgehead atoms. The number of thioether (sulfide) groups is 1. The summed E-state index contributed by atoms with van der Waals surface area (Å²) in [7, 11) is 0. The van der Waals surface area contributed by atoms with Crippen LogP contribution in [0.4, 0.5) is 10.5 Å². The lowest BCUT2D eigenvalue weighted by Gasteiger charge is -2.21. The Bertz CT molecular complexity index is 474. The normalized spacial score (nSPS) is 11.9. The SMILES string of the molecule is CCOC(=O)N[C@@H](C(=O)Nc1ccc(SC)cc1)C(C)C. The zero-order chi connectivity index (χ0) is 15.8. The maximum Gasteiger partial charge on any atom is 0.407 e. The number of anilines is 1. The third kappa shape index (κ3) is 5.67. The summed E-state index contributed by atoms with van der Waals surface area (Å²) < 4.78 is 4.82. The van der Waals surface area contributed by atoms with Crippen LogP contribution in [-0.4, -0.2) is 30.9 Å². The van der Waals surface area contributed by atoms with Gasteiger partial charge in [-0.2, -0.15) is 0 Å². The number of carbonyl (C=O) groups excluding carboxylic acids is 2. The van der Waals surface area contributed by atoms with Gasteiger partial charge >= 0.3 is 6.09 Å². The quantitative estimate of drug-likeness (QED) is 0.792. The van der Waals surface area contributed by atoms with Gasteiger partial charge in [0, 0.05) is 10.6 Å². The van der Waals surface area contributed by atoms with Gasteiger partial charge in [0.25, 0.3) is 0 Å². The fraction of sp³-hybridized carbons (Fsp3) is 0.467. The summed E-state index contributed by atoms with van der Waals surface area (Å²) >= 11 is 1.64. The number of carbonyl (C=O) groups is 2. The molecule has 0 aromatic heterocycles. The molecule has 0 aliphatic heterocycles. The molecule has 1 atom stereocenters. The lowest BCUT2D eigenvalue weighted by Crippen LogP contribution is -2.47. The molecule has 0 unspecified atom stereocenters. The van der Waals surface area contributed by atoms with E-state index in [0.717, 1.165) is 4.90 Å². The monoisotopic (exact) mass is 310 g/mol. The van der Waals surface area contributed by atoms with Crippen molar-refractivity contribution in [3.8, 4) is 0 Å². The molecule has 1 aromatic carbocycles. The van der Waals surface area contributed by atoms with Crippen LogP contribution >= 0.6 is 11.8 Å². The molecule has 2 amide bonds. The second kappa shape index (κ2) is 8.56. The molecule has 116 valence electrons. The average molecular weight is 310 g/mol. The van der Waals surface area contributed by atoms with Gasteiger partial charge in [0.2, 0.25) is 5.91 Å². The number of hydrogen-bond acceptors (Lipinski definition) is 4. The maximum atomic E-state index is 12.3. The summed E-state index contributed by atoms with van der Waals surface area (Å²) in [6, 6.07) is 6.91. The number of ether oxygens (including phenoxy) is 1. The van der Waals surface area contributed by atoms with Crippen LogP contribution in [0.25, 0.3) is 0 Å². The molecule has 1 rings (SSSR count). The molecular formula is C15H22N2O3S. The van der Waals surface area contributed by atoms with E-state index >= 15 is 0 Å². The van der Waals surface area contributed by atoms with Crippen LogP contribution in [0.15, 0.2) is 29.2 Å². The van der Waals surface area contributed by atoms with Crippen LogP contribution in [-0.2, 0) is 9.53 Å². The largest absolute Gasteiger partial charge is 0.450 e. The zero-order valence-electron chi connectivity index (χ0n) is 12.8. The van der Waals surface area contributed by atoms with Crippen molar-refractivity contribution in [2.45, 2.75) is 31.7 Å². The summed E-state index contributed by atoms with van der Waals surface area (Å²) in [4.78, 5) is 24.9. The first-order valence-electron chi connectivity index (χ1n) is 6.86. The molecular weight excluding hydrogens is 288 g/mol. The van der Waals surface area contributed by atoms with Gasteiger partial charge in [0.1, 0.15) is 6.04 Å². The van der Waals surface area contributed by atoms with E-state index in [1.165, 1.54) is 0 Å². The average Bonchev–Trinajstić information content (AvgIpc) is 2.45. The van der Waals surface area contributed by atoms with Crippen molar-refractivity contribution < 1.29 is 14.3 Å². The van der Waals surface area contributed by atoms with E-state index in [2.05, 4.69) is 10.6 Å². The highest BCUT2D eigenvalue weighted by Crippen LogP contribution is 2.18. The lowest BCUT2D eigenvalue weighted by atomic mass is 10.0. The Balaban J connectivity index is 2.69. The van der Waals surface area contributed by atoms with Gasteiger partial charge in [0.15, 0.2) is 0 Å². The van der Waals surface area contributed by atoms with Crippen LogP contribution in [0.3, 0.4) is 0 Å². The van der Waals surface area contributed by atoms with Gasteiger partial charge in [-0.1, -0.05) is 13.8 Å². The number of amides is 2. The minimum atomic E-state index is -0.635. The van der Waals surface area contributed by atoms with Crippen LogP contribution in [0, 0.1) is 5.92 Å². The predicted octanol–water partition coefficient (Wildman–Crippen LogP) is 3.12. The van der Waals surface area contributed by atoms with Gasteiger partial charge in [-0.3, -0.25) is 4.79 Å². The van der Waals surface area contributed by atoms with Gasteiger partial charge < -0.3 is 15.4 Å². The minimum absolute atomic E-state index is 0.0418. The van der Waals surface area contributed by atoms with Crippen LogP contribution in [0.5, 0.6) is 0 Å². The Morgan fingerprint density at radius 2 is 1.86 bits per heavy atom. The van der Waals surface area contributed by atoms with Crippen LogP contribution in [0.1, 0.15) is 20.8 Å². The van der Waals surface area contributed by atoms with E-state index in [1.54, 1.807) is 18.7 Å². The summed E-state index contributed by atoms with van der Waals surface area (Å²) in [5.74, 6) is -0.296. The number of alkyl carbamates (subject to hydrolysis) is 1. The first kappa shape index (κ1) is 17.4. The standard InChI is InChI=1S/C15H22N2O3S/c1-5-20-15(19)17-13(10(2)3)14(18)16-11-6-8-12(21-4)9-7-11/h6-10,13H,5H2,1-4H3,(H,16,18)(H,17,19)/t13-/m1/s1. The summed E-state index contributed by atoms with van der Waals surface area (Å²) in [5, 5.41) is 5.39. The second-order valence-electron chi connectivity index (χ2n) is 4.80. The summed E-state index contributed by atoms with van der Waals surface area (Å²) in [6.45, 7) is 5.73. The molecule has 2 N–H and O–H groups in total. The number of rotatable bonds is 6. The number of hydrogen-bond donors (Lipinski definition) is 2. The molecule has 6 heteroatoms. The molecule has 0 fully saturated rings. The van der Waals surface area contributed by atoms with Gasteiger partial charge in [-0.15, -0.1) is 11.8 Å². The maximum absolute atomic E-state index is 12.3. The van der Waals surface area contributed by atoms with Gasteiger partial charge in [-0.05, 0) is 43.4 Å². The van der Waals surface area contributed by atoms with E-state index in [4.69, 9.17) is 4.74 Å². The third-order valence-electron chi connectivity index (χ3n) is 2.86. The predicted molar refractivity (Wildman–Crippen MR) is 85.6 cm³/mol. The van der Waals surface area contributed by atoms with E-state index in [-0.39, 0.29) is 18.4 Å². The molecule has 0 aliphatic rings. The van der Waals surface area contributed by atoms with E-state index in [9.17, 15) is 9.59 Å². The van der Waals surface area contributed by atoms with Crippen molar-refractivity contribution in [1.82, 2.24) is 5.32 Å². The van der Waals surface area contributed by atoms with Crippen molar-refractivity contribution in [3.05, 3.63) is 24.3 Å². The lowest BCUT2D eigenvalue weighted by molar-refractivity contribution is -0.119. The molecule has 0 radical (unpaired) electrons. The molecule has 21 heavy (non-hydrogen) atoms. The van der Waals surface area contributed by atoms with Gasteiger partial charge in [0.05, 0.1) is 6.61 Å². The molecule has 0 saturated heterocycles. The topological polar surface area (TPSA) is 67.4 Å². The van der Waals surface area contributed by atoms with Crippen LogP contribution in [0.2, 0.25) is 0 Å². The van der Waals surface area contributed by atoms with Crippen LogP contribution < -0.4 is 10.6 Å². The summed E-state index contributed by atoms with van der Waals surface area (Å²) in [6.07, 6.45) is 1.41. The molecule has 0 heterocycles. The Morgan fingerprint density at radius 3 is 2.33 bits per heavy atom. The second-order valence-corrected chi connectivity index (χ2v) is 5.68. The Labute approximate surface area is 129 Å². The van der Waals surface area contributed by atoms with Crippen molar-refractivity contribution >= 4 is 29.4 Å². The first-order valence-corrected chi connectivity index (χ1v) is 8.08. The zero-order valence-corrected chi connectivity index (χ0v) is 13.6. The van der Waals surface area contributed by atoms with Gasteiger partial charge in [-0.25, -0.2) is 4.79 Å². The molecule has 0 spiro atoms. The molecule has 0 saturated carbocycles. The first-order chi connectivity index (χ1) is 9.97. The fourth-order valence-electron chi connectivity index (χ4n) is 1.73. The molecule has 5 nitrogen and oxygen atoms in total. The highest BCUT2D eigenvalue weighted by atomic mass is 32.2. The number of nitrogens with one attached hydrogen (secondary N) is 2. The summed E-state index contributed by atoms with van der Waals surface area (Å²) in [5.41, 5.74) is 0.703. The van der Waals surface area contributed by atoms with E-state index in [0.29, 0.717) is 5.69 Å².